The first-order chi connectivity index (χ1) is 12.3. The van der Waals surface area contributed by atoms with E-state index in [1.807, 2.05) is 0 Å². The van der Waals surface area contributed by atoms with Gasteiger partial charge in [0, 0.05) is 38.6 Å². The highest BCUT2D eigenvalue weighted by Crippen LogP contribution is 2.33. The summed E-state index contributed by atoms with van der Waals surface area (Å²) in [5.74, 6) is -1.07. The number of aromatic carboxylic acids is 1. The maximum atomic E-state index is 12.4. The summed E-state index contributed by atoms with van der Waals surface area (Å²) in [6.45, 7) is 0.444. The second-order valence-electron chi connectivity index (χ2n) is 6.15. The summed E-state index contributed by atoms with van der Waals surface area (Å²) in [6.07, 6.45) is 7.25. The second-order valence-corrected chi connectivity index (χ2v) is 8.25. The van der Waals surface area contributed by atoms with E-state index in [0.717, 1.165) is 6.42 Å². The Bertz CT molecular complexity index is 914. The van der Waals surface area contributed by atoms with E-state index < -0.39 is 16.2 Å². The Hall–Kier alpha value is -2.43. The molecular weight excluding hydrogens is 358 g/mol. The molecule has 1 unspecified atom stereocenters. The SMILES string of the molecule is CN(C)S(=O)(=O)N1CCCC1c1cnc(-c2cncc(C(=O)O)c2)cn1. The van der Waals surface area contributed by atoms with Crippen LogP contribution in [0.15, 0.2) is 30.9 Å². The summed E-state index contributed by atoms with van der Waals surface area (Å²) in [7, 11) is -0.524. The predicted molar refractivity (Wildman–Crippen MR) is 93.5 cm³/mol. The molecule has 10 heteroatoms. The van der Waals surface area contributed by atoms with E-state index in [0.29, 0.717) is 29.9 Å². The molecule has 0 aliphatic carbocycles. The molecule has 9 nitrogen and oxygen atoms in total. The van der Waals surface area contributed by atoms with Gasteiger partial charge in [-0.25, -0.2) is 4.79 Å². The van der Waals surface area contributed by atoms with Crippen molar-refractivity contribution in [3.8, 4) is 11.3 Å². The van der Waals surface area contributed by atoms with Gasteiger partial charge in [0.2, 0.25) is 0 Å². The topological polar surface area (TPSA) is 117 Å². The van der Waals surface area contributed by atoms with Crippen LogP contribution in [0.5, 0.6) is 0 Å². The average molecular weight is 377 g/mol. The monoisotopic (exact) mass is 377 g/mol. The van der Waals surface area contributed by atoms with Gasteiger partial charge in [-0.05, 0) is 18.9 Å². The van der Waals surface area contributed by atoms with Crippen molar-refractivity contribution in [2.75, 3.05) is 20.6 Å². The molecule has 1 fully saturated rings. The summed E-state index contributed by atoms with van der Waals surface area (Å²) < 4.78 is 27.5. The van der Waals surface area contributed by atoms with Crippen LogP contribution in [-0.2, 0) is 10.2 Å². The van der Waals surface area contributed by atoms with Gasteiger partial charge in [-0.3, -0.25) is 15.0 Å². The average Bonchev–Trinajstić information content (AvgIpc) is 3.12. The van der Waals surface area contributed by atoms with Gasteiger partial charge in [0.05, 0.1) is 35.4 Å². The maximum absolute atomic E-state index is 12.4. The van der Waals surface area contributed by atoms with Crippen molar-refractivity contribution in [1.82, 2.24) is 23.6 Å². The van der Waals surface area contributed by atoms with Gasteiger partial charge in [-0.1, -0.05) is 0 Å². The molecule has 3 heterocycles. The minimum atomic E-state index is -3.53. The zero-order valence-corrected chi connectivity index (χ0v) is 15.2. The largest absolute Gasteiger partial charge is 0.478 e. The minimum absolute atomic E-state index is 0.0624. The first-order valence-corrected chi connectivity index (χ1v) is 9.40. The van der Waals surface area contributed by atoms with Crippen molar-refractivity contribution in [1.29, 1.82) is 0 Å². The smallest absolute Gasteiger partial charge is 0.337 e. The van der Waals surface area contributed by atoms with Gasteiger partial charge in [-0.15, -0.1) is 0 Å². The molecule has 0 amide bonds. The standard InChI is InChI=1S/C16H19N5O4S/c1-20(2)26(24,25)21-5-3-4-15(21)14-10-18-13(9-19-14)11-6-12(16(22)23)8-17-7-11/h6-10,15H,3-5H2,1-2H3,(H,22,23). The van der Waals surface area contributed by atoms with E-state index in [1.54, 1.807) is 0 Å². The number of pyridine rings is 1. The van der Waals surface area contributed by atoms with Gasteiger partial charge in [0.25, 0.3) is 10.2 Å². The van der Waals surface area contributed by atoms with Crippen molar-refractivity contribution in [3.63, 3.8) is 0 Å². The molecular formula is C16H19N5O4S. The molecule has 138 valence electrons. The third-order valence-corrected chi connectivity index (χ3v) is 6.21. The fourth-order valence-corrected chi connectivity index (χ4v) is 4.19. The number of hydrogen-bond acceptors (Lipinski definition) is 6. The van der Waals surface area contributed by atoms with Crippen LogP contribution in [0.25, 0.3) is 11.3 Å². The van der Waals surface area contributed by atoms with Crippen molar-refractivity contribution >= 4 is 16.2 Å². The lowest BCUT2D eigenvalue weighted by Crippen LogP contribution is -2.39. The van der Waals surface area contributed by atoms with Crippen LogP contribution in [0.1, 0.15) is 34.9 Å². The lowest BCUT2D eigenvalue weighted by atomic mass is 10.1. The molecule has 0 aromatic carbocycles. The number of carboxylic acid groups (broad SMARTS) is 1. The van der Waals surface area contributed by atoms with Crippen LogP contribution in [0.3, 0.4) is 0 Å². The van der Waals surface area contributed by atoms with Crippen molar-refractivity contribution in [2.24, 2.45) is 0 Å². The van der Waals surface area contributed by atoms with Crippen molar-refractivity contribution < 1.29 is 18.3 Å². The molecule has 2 aromatic heterocycles. The summed E-state index contributed by atoms with van der Waals surface area (Å²) in [5.41, 5.74) is 1.64. The number of aromatic nitrogens is 3. The molecule has 3 rings (SSSR count). The number of carboxylic acids is 1. The number of nitrogens with zero attached hydrogens (tertiary/aromatic N) is 5. The molecule has 0 spiro atoms. The van der Waals surface area contributed by atoms with E-state index in [1.165, 1.54) is 53.6 Å². The van der Waals surface area contributed by atoms with E-state index in [-0.39, 0.29) is 11.6 Å². The highest BCUT2D eigenvalue weighted by Gasteiger charge is 2.37. The van der Waals surface area contributed by atoms with Crippen LogP contribution in [0, 0.1) is 0 Å². The Morgan fingerprint density at radius 1 is 1.23 bits per heavy atom. The van der Waals surface area contributed by atoms with Gasteiger partial charge in [0.15, 0.2) is 0 Å². The molecule has 2 aromatic rings. The molecule has 1 aliphatic rings. The molecule has 0 saturated carbocycles. The fourth-order valence-electron chi connectivity index (χ4n) is 2.88. The molecule has 0 radical (unpaired) electrons. The molecule has 1 N–H and O–H groups in total. The zero-order chi connectivity index (χ0) is 18.9. The summed E-state index contributed by atoms with van der Waals surface area (Å²) in [4.78, 5) is 23.7. The third kappa shape index (κ3) is 3.43. The summed E-state index contributed by atoms with van der Waals surface area (Å²) in [6, 6.07) is 1.12. The second kappa shape index (κ2) is 7.06. The van der Waals surface area contributed by atoms with Crippen LogP contribution in [0.4, 0.5) is 0 Å². The highest BCUT2D eigenvalue weighted by atomic mass is 32.2. The fraction of sp³-hybridized carbons (Fsp3) is 0.375. The van der Waals surface area contributed by atoms with Gasteiger partial charge in [-0.2, -0.15) is 17.0 Å². The Morgan fingerprint density at radius 2 is 2.00 bits per heavy atom. The number of hydrogen-bond donors (Lipinski definition) is 1. The first kappa shape index (κ1) is 18.4. The highest BCUT2D eigenvalue weighted by molar-refractivity contribution is 7.86. The summed E-state index contributed by atoms with van der Waals surface area (Å²) in [5, 5.41) is 9.05. The van der Waals surface area contributed by atoms with Crippen LogP contribution < -0.4 is 0 Å². The van der Waals surface area contributed by atoms with Gasteiger partial charge in [0.1, 0.15) is 0 Å². The van der Waals surface area contributed by atoms with Gasteiger partial charge < -0.3 is 5.11 Å². The zero-order valence-electron chi connectivity index (χ0n) is 14.4. The van der Waals surface area contributed by atoms with Crippen molar-refractivity contribution in [2.45, 2.75) is 18.9 Å². The molecule has 0 bridgehead atoms. The van der Waals surface area contributed by atoms with E-state index in [9.17, 15) is 13.2 Å². The Labute approximate surface area is 151 Å². The normalized spacial score (nSPS) is 18.3. The number of rotatable bonds is 5. The summed E-state index contributed by atoms with van der Waals surface area (Å²) >= 11 is 0. The molecule has 26 heavy (non-hydrogen) atoms. The lowest BCUT2D eigenvalue weighted by molar-refractivity contribution is 0.0696. The Balaban J connectivity index is 1.88. The predicted octanol–water partition coefficient (Wildman–Crippen LogP) is 1.18. The molecule has 1 atom stereocenters. The molecule has 1 saturated heterocycles. The number of carbonyl (C=O) groups is 1. The van der Waals surface area contributed by atoms with Crippen LogP contribution >= 0.6 is 0 Å². The lowest BCUT2D eigenvalue weighted by Gasteiger charge is -2.26. The first-order valence-electron chi connectivity index (χ1n) is 8.00. The Kier molecular flexibility index (Phi) is 4.99. The van der Waals surface area contributed by atoms with Crippen LogP contribution in [-0.4, -0.2) is 63.7 Å². The van der Waals surface area contributed by atoms with Crippen molar-refractivity contribution in [3.05, 3.63) is 42.1 Å². The Morgan fingerprint density at radius 3 is 2.62 bits per heavy atom. The molecule has 1 aliphatic heterocycles. The van der Waals surface area contributed by atoms with E-state index in [2.05, 4.69) is 15.0 Å². The van der Waals surface area contributed by atoms with E-state index in [4.69, 9.17) is 5.11 Å². The van der Waals surface area contributed by atoms with Crippen LogP contribution in [0.2, 0.25) is 0 Å². The minimum Gasteiger partial charge on any atom is -0.478 e. The van der Waals surface area contributed by atoms with Gasteiger partial charge >= 0.3 is 5.97 Å². The quantitative estimate of drug-likeness (QED) is 0.831. The third-order valence-electron chi connectivity index (χ3n) is 4.26. The maximum Gasteiger partial charge on any atom is 0.337 e. The van der Waals surface area contributed by atoms with E-state index >= 15 is 0 Å².